The number of phosphoric acid groups is 3. The van der Waals surface area contributed by atoms with Crippen molar-refractivity contribution in [1.29, 1.82) is 0 Å². The summed E-state index contributed by atoms with van der Waals surface area (Å²) < 4.78 is 50.1. The normalized spacial score (nSPS) is 33.2. The number of oxime groups is 1. The van der Waals surface area contributed by atoms with E-state index in [1.54, 1.807) is 0 Å². The molecule has 0 aromatic heterocycles. The third kappa shape index (κ3) is 6.77. The van der Waals surface area contributed by atoms with E-state index in [1.165, 1.54) is 0 Å². The Morgan fingerprint density at radius 3 is 2.27 bits per heavy atom. The van der Waals surface area contributed by atoms with Gasteiger partial charge in [-0.1, -0.05) is 5.16 Å². The summed E-state index contributed by atoms with van der Waals surface area (Å²) >= 11 is 0. The number of amides is 2. The van der Waals surface area contributed by atoms with Crippen LogP contribution in [0.4, 0.5) is 4.79 Å². The number of nitrogens with zero attached hydrogens (tertiary/aromatic N) is 2. The molecule has 30 heavy (non-hydrogen) atoms. The second-order valence-corrected chi connectivity index (χ2v) is 10.3. The molecular weight excluding hydrogens is 483 g/mol. The number of nitrogens with one attached hydrogen (secondary N) is 1. The van der Waals surface area contributed by atoms with Crippen molar-refractivity contribution in [3.63, 3.8) is 0 Å². The van der Waals surface area contributed by atoms with Gasteiger partial charge in [0.2, 0.25) is 0 Å². The van der Waals surface area contributed by atoms with Crippen LogP contribution in [0.3, 0.4) is 0 Å². The highest BCUT2D eigenvalue weighted by atomic mass is 31.3. The fourth-order valence-electron chi connectivity index (χ4n) is 2.50. The summed E-state index contributed by atoms with van der Waals surface area (Å²) in [6.45, 7) is -1.10. The Labute approximate surface area is 167 Å². The minimum Gasteiger partial charge on any atom is -0.409 e. The minimum absolute atomic E-state index is 0.0477. The van der Waals surface area contributed by atoms with E-state index in [4.69, 9.17) is 24.6 Å². The first kappa shape index (κ1) is 25.3. The summed E-state index contributed by atoms with van der Waals surface area (Å²) in [7, 11) is -16.7. The highest BCUT2D eigenvalue weighted by molar-refractivity contribution is 7.66. The molecule has 2 heterocycles. The number of urea groups is 1. The van der Waals surface area contributed by atoms with Gasteiger partial charge in [-0.05, 0) is 0 Å². The third-order valence-electron chi connectivity index (χ3n) is 3.68. The Kier molecular flexibility index (Phi) is 7.81. The van der Waals surface area contributed by atoms with Crippen molar-refractivity contribution in [2.45, 2.75) is 31.0 Å². The van der Waals surface area contributed by atoms with Gasteiger partial charge < -0.3 is 39.7 Å². The Hall–Kier alpha value is -0.970. The van der Waals surface area contributed by atoms with Crippen LogP contribution >= 0.6 is 23.5 Å². The maximum atomic E-state index is 12.0. The molecule has 2 aliphatic rings. The van der Waals surface area contributed by atoms with E-state index in [1.807, 2.05) is 0 Å². The first-order valence-electron chi connectivity index (χ1n) is 7.72. The van der Waals surface area contributed by atoms with Crippen molar-refractivity contribution in [3.8, 4) is 0 Å². The molecule has 6 atom stereocenters. The van der Waals surface area contributed by atoms with Gasteiger partial charge in [-0.2, -0.15) is 8.62 Å². The molecule has 2 unspecified atom stereocenters. The van der Waals surface area contributed by atoms with Crippen LogP contribution < -0.4 is 5.32 Å². The van der Waals surface area contributed by atoms with E-state index in [0.29, 0.717) is 0 Å². The van der Waals surface area contributed by atoms with Crippen LogP contribution in [0.15, 0.2) is 5.16 Å². The highest BCUT2D eigenvalue weighted by Crippen LogP contribution is 2.66. The fourth-order valence-corrected chi connectivity index (χ4v) is 5.53. The molecule has 18 nitrogen and oxygen atoms in total. The van der Waals surface area contributed by atoms with Gasteiger partial charge in [0.25, 0.3) is 0 Å². The van der Waals surface area contributed by atoms with Crippen molar-refractivity contribution in [3.05, 3.63) is 0 Å². The van der Waals surface area contributed by atoms with E-state index >= 15 is 0 Å². The van der Waals surface area contributed by atoms with Gasteiger partial charge in [0.05, 0.1) is 6.61 Å². The predicted molar refractivity (Wildman–Crippen MR) is 89.6 cm³/mol. The first-order valence-corrected chi connectivity index (χ1v) is 12.2. The number of amidine groups is 1. The molecule has 0 aromatic carbocycles. The number of hydrogen-bond donors (Lipinski definition) is 8. The summed E-state index contributed by atoms with van der Waals surface area (Å²) in [5.41, 5.74) is 0. The third-order valence-corrected chi connectivity index (χ3v) is 7.49. The lowest BCUT2D eigenvalue weighted by molar-refractivity contribution is -0.0786. The number of hydrogen-bond acceptors (Lipinski definition) is 12. The lowest BCUT2D eigenvalue weighted by atomic mass is 10.1. The zero-order valence-corrected chi connectivity index (χ0v) is 17.2. The van der Waals surface area contributed by atoms with Gasteiger partial charge >= 0.3 is 29.5 Å². The number of carbonyl (C=O) groups is 1. The lowest BCUT2D eigenvalue weighted by Crippen LogP contribution is -2.56. The molecule has 8 N–H and O–H groups in total. The van der Waals surface area contributed by atoms with Gasteiger partial charge in [0.1, 0.15) is 18.3 Å². The predicted octanol–water partition coefficient (Wildman–Crippen LogP) is -2.02. The quantitative estimate of drug-likeness (QED) is 0.101. The van der Waals surface area contributed by atoms with Crippen molar-refractivity contribution in [2.75, 3.05) is 13.2 Å². The van der Waals surface area contributed by atoms with Crippen molar-refractivity contribution < 1.29 is 71.4 Å². The molecule has 0 radical (unpaired) electrons. The zero-order chi connectivity index (χ0) is 22.9. The van der Waals surface area contributed by atoms with E-state index in [9.17, 15) is 33.6 Å². The van der Waals surface area contributed by atoms with E-state index in [2.05, 4.69) is 23.6 Å². The van der Waals surface area contributed by atoms with Crippen LogP contribution in [-0.4, -0.2) is 89.5 Å². The van der Waals surface area contributed by atoms with Crippen molar-refractivity contribution in [1.82, 2.24) is 10.2 Å². The number of rotatable bonds is 8. The fraction of sp³-hybridized carbons (Fsp3) is 0.778. The summed E-state index contributed by atoms with van der Waals surface area (Å²) in [4.78, 5) is 48.3. The first-order chi connectivity index (χ1) is 13.6. The maximum absolute atomic E-state index is 12.0. The van der Waals surface area contributed by atoms with Crippen LogP contribution in [0, 0.1) is 0 Å². The average Bonchev–Trinajstić information content (AvgIpc) is 2.85. The summed E-state index contributed by atoms with van der Waals surface area (Å²) in [6, 6.07) is -0.834. The molecule has 2 aliphatic heterocycles. The van der Waals surface area contributed by atoms with E-state index < -0.39 is 60.6 Å². The van der Waals surface area contributed by atoms with Gasteiger partial charge in [-0.15, -0.1) is 0 Å². The minimum atomic E-state index is -5.72. The molecule has 2 fully saturated rings. The Morgan fingerprint density at radius 1 is 1.10 bits per heavy atom. The lowest BCUT2D eigenvalue weighted by Gasteiger charge is -2.33. The Bertz CT molecular complexity index is 829. The Morgan fingerprint density at radius 2 is 1.73 bits per heavy atom. The largest absolute Gasteiger partial charge is 0.490 e. The topological polar surface area (TPSA) is 274 Å². The SMILES string of the molecule is O=C1N/C(=N\O)CCN1[C@@H]1O[C@H](COP(=O)(O)OP(=O)(O)OP(=O)(O)O)[C@@H](O)[C@H]1O. The van der Waals surface area contributed by atoms with E-state index in [-0.39, 0.29) is 18.8 Å². The van der Waals surface area contributed by atoms with Crippen LogP contribution in [0.5, 0.6) is 0 Å². The molecule has 0 aliphatic carbocycles. The Balaban J connectivity index is 1.97. The molecule has 2 saturated heterocycles. The summed E-state index contributed by atoms with van der Waals surface area (Å²) in [6.07, 6.45) is -6.36. The zero-order valence-electron chi connectivity index (χ0n) is 14.6. The molecule has 0 saturated carbocycles. The second kappa shape index (κ2) is 9.26. The molecular formula is C9H18N3O15P3. The smallest absolute Gasteiger partial charge is 0.409 e. The molecule has 0 spiro atoms. The van der Waals surface area contributed by atoms with E-state index in [0.717, 1.165) is 4.90 Å². The molecule has 0 bridgehead atoms. The monoisotopic (exact) mass is 501 g/mol. The second-order valence-electron chi connectivity index (χ2n) is 5.85. The molecule has 0 aromatic rings. The van der Waals surface area contributed by atoms with Gasteiger partial charge in [0.15, 0.2) is 12.1 Å². The van der Waals surface area contributed by atoms with Crippen LogP contribution in [0.25, 0.3) is 0 Å². The van der Waals surface area contributed by atoms with Gasteiger partial charge in [0, 0.05) is 13.0 Å². The standard InChI is InChI=1S/C9H18N3O15P3/c13-6-4(3-24-29(20,21)27-30(22,23)26-28(17,18)19)25-8(7(6)14)12-2-1-5(11-16)10-9(12)15/h4,6-8,13-14,16H,1-3H2,(H,20,21)(H,22,23)(H,10,11,15)(H2,17,18,19)/t4-,6-,7-,8-/m1/s1. The highest BCUT2D eigenvalue weighted by Gasteiger charge is 2.49. The van der Waals surface area contributed by atoms with Crippen molar-refractivity contribution in [2.24, 2.45) is 5.16 Å². The number of carbonyl (C=O) groups excluding carboxylic acids is 1. The summed E-state index contributed by atoms with van der Waals surface area (Å²) in [5.74, 6) is -0.0477. The molecule has 174 valence electrons. The van der Waals surface area contributed by atoms with Crippen LogP contribution in [-0.2, 0) is 31.6 Å². The number of ether oxygens (including phenoxy) is 1. The number of phosphoric ester groups is 1. The van der Waals surface area contributed by atoms with Crippen LogP contribution in [0.1, 0.15) is 6.42 Å². The number of aliphatic hydroxyl groups excluding tert-OH is 2. The number of aliphatic hydroxyl groups is 2. The maximum Gasteiger partial charge on any atom is 0.490 e. The van der Waals surface area contributed by atoms with Crippen LogP contribution in [0.2, 0.25) is 0 Å². The molecule has 2 amide bonds. The van der Waals surface area contributed by atoms with Gasteiger partial charge in [-0.3, -0.25) is 14.7 Å². The summed E-state index contributed by atoms with van der Waals surface area (Å²) in [5, 5.41) is 33.7. The van der Waals surface area contributed by atoms with Crippen molar-refractivity contribution >= 4 is 35.3 Å². The van der Waals surface area contributed by atoms with Gasteiger partial charge in [-0.25, -0.2) is 18.5 Å². The average molecular weight is 501 g/mol. The molecule has 2 rings (SSSR count). The molecule has 21 heteroatoms.